The highest BCUT2D eigenvalue weighted by molar-refractivity contribution is 6.05. The first-order valence-electron chi connectivity index (χ1n) is 7.82. The number of halogens is 1. The predicted molar refractivity (Wildman–Crippen MR) is 95.0 cm³/mol. The van der Waals surface area contributed by atoms with Gasteiger partial charge in [0.25, 0.3) is 5.91 Å². The maximum Gasteiger partial charge on any atom is 0.256 e. The van der Waals surface area contributed by atoms with Crippen molar-refractivity contribution < 1.29 is 9.18 Å². The zero-order chi connectivity index (χ0) is 17.2. The molecule has 2 heterocycles. The van der Waals surface area contributed by atoms with Gasteiger partial charge in [-0.1, -0.05) is 24.3 Å². The summed E-state index contributed by atoms with van der Waals surface area (Å²) in [6, 6.07) is 20.6. The average Bonchev–Trinajstić information content (AvgIpc) is 3.02. The second-order valence-corrected chi connectivity index (χ2v) is 5.56. The maximum absolute atomic E-state index is 13.2. The van der Waals surface area contributed by atoms with E-state index in [1.165, 1.54) is 12.1 Å². The van der Waals surface area contributed by atoms with Crippen LogP contribution in [0, 0.1) is 5.82 Å². The van der Waals surface area contributed by atoms with Crippen molar-refractivity contribution in [3.05, 3.63) is 90.4 Å². The Bertz CT molecular complexity index is 1040. The molecule has 0 fully saturated rings. The van der Waals surface area contributed by atoms with Crippen molar-refractivity contribution in [1.82, 2.24) is 9.38 Å². The number of pyridine rings is 1. The average molecular weight is 331 g/mol. The Kier molecular flexibility index (Phi) is 3.74. The Morgan fingerprint density at radius 3 is 2.40 bits per heavy atom. The first-order valence-corrected chi connectivity index (χ1v) is 7.82. The van der Waals surface area contributed by atoms with E-state index >= 15 is 0 Å². The highest BCUT2D eigenvalue weighted by Crippen LogP contribution is 2.29. The van der Waals surface area contributed by atoms with E-state index in [0.717, 1.165) is 5.56 Å². The van der Waals surface area contributed by atoms with E-state index in [4.69, 9.17) is 0 Å². The van der Waals surface area contributed by atoms with Crippen LogP contribution in [0.5, 0.6) is 0 Å². The second kappa shape index (κ2) is 6.20. The lowest BCUT2D eigenvalue weighted by Crippen LogP contribution is -2.13. The number of imidazole rings is 1. The van der Waals surface area contributed by atoms with Crippen LogP contribution in [0.3, 0.4) is 0 Å². The number of nitrogens with zero attached hydrogens (tertiary/aromatic N) is 2. The third-order valence-corrected chi connectivity index (χ3v) is 3.92. The molecule has 2 aromatic carbocycles. The van der Waals surface area contributed by atoms with Crippen LogP contribution in [-0.4, -0.2) is 15.3 Å². The number of hydrogen-bond donors (Lipinski definition) is 1. The van der Waals surface area contributed by atoms with Crippen molar-refractivity contribution in [1.29, 1.82) is 0 Å². The quantitative estimate of drug-likeness (QED) is 0.605. The normalized spacial score (nSPS) is 10.8. The number of carbonyl (C=O) groups excluding carboxylic acids is 1. The molecule has 4 aromatic rings. The summed E-state index contributed by atoms with van der Waals surface area (Å²) in [4.78, 5) is 17.2. The van der Waals surface area contributed by atoms with Gasteiger partial charge in [-0.2, -0.15) is 0 Å². The van der Waals surface area contributed by atoms with Gasteiger partial charge in [-0.25, -0.2) is 9.37 Å². The van der Waals surface area contributed by atoms with Crippen LogP contribution >= 0.6 is 0 Å². The van der Waals surface area contributed by atoms with Crippen LogP contribution in [0.25, 0.3) is 16.9 Å². The summed E-state index contributed by atoms with van der Waals surface area (Å²) in [6.07, 6.45) is 1.83. The number of anilines is 1. The molecule has 0 saturated heterocycles. The van der Waals surface area contributed by atoms with E-state index in [2.05, 4.69) is 10.3 Å². The third-order valence-electron chi connectivity index (χ3n) is 3.92. The molecule has 0 aliphatic heterocycles. The van der Waals surface area contributed by atoms with Crippen LogP contribution < -0.4 is 5.32 Å². The zero-order valence-electron chi connectivity index (χ0n) is 13.2. The lowest BCUT2D eigenvalue weighted by atomic mass is 10.1. The topological polar surface area (TPSA) is 46.4 Å². The standard InChI is InChI=1S/C20H14FN3O/c21-16-11-9-14(10-12-16)18-19(24-13-5-4-8-17(24)22-18)23-20(25)15-6-2-1-3-7-15/h1-13H,(H,23,25). The van der Waals surface area contributed by atoms with Gasteiger partial charge >= 0.3 is 0 Å². The van der Waals surface area contributed by atoms with Crippen LogP contribution in [0.4, 0.5) is 10.2 Å². The molecule has 0 bridgehead atoms. The summed E-state index contributed by atoms with van der Waals surface area (Å²) >= 11 is 0. The third kappa shape index (κ3) is 2.87. The van der Waals surface area contributed by atoms with Crippen molar-refractivity contribution in [2.45, 2.75) is 0 Å². The lowest BCUT2D eigenvalue weighted by molar-refractivity contribution is 0.102. The molecule has 4 nitrogen and oxygen atoms in total. The molecule has 2 aromatic heterocycles. The molecule has 1 amide bonds. The molecule has 0 saturated carbocycles. The molecule has 0 unspecified atom stereocenters. The number of fused-ring (bicyclic) bond motifs is 1. The monoisotopic (exact) mass is 331 g/mol. The summed E-state index contributed by atoms with van der Waals surface area (Å²) in [5, 5.41) is 2.93. The number of hydrogen-bond acceptors (Lipinski definition) is 2. The van der Waals surface area contributed by atoms with Crippen molar-refractivity contribution in [2.24, 2.45) is 0 Å². The number of aromatic nitrogens is 2. The molecule has 0 aliphatic carbocycles. The molecular formula is C20H14FN3O. The minimum absolute atomic E-state index is 0.227. The zero-order valence-corrected chi connectivity index (χ0v) is 13.2. The first-order chi connectivity index (χ1) is 12.2. The fraction of sp³-hybridized carbons (Fsp3) is 0. The van der Waals surface area contributed by atoms with Crippen molar-refractivity contribution in [3.63, 3.8) is 0 Å². The Balaban J connectivity index is 1.82. The molecular weight excluding hydrogens is 317 g/mol. The van der Waals surface area contributed by atoms with Gasteiger partial charge in [0.2, 0.25) is 0 Å². The van der Waals surface area contributed by atoms with Gasteiger partial charge < -0.3 is 5.32 Å². The van der Waals surface area contributed by atoms with E-state index in [9.17, 15) is 9.18 Å². The number of nitrogens with one attached hydrogen (secondary N) is 1. The van der Waals surface area contributed by atoms with Crippen molar-refractivity contribution in [2.75, 3.05) is 5.32 Å². The van der Waals surface area contributed by atoms with Gasteiger partial charge in [-0.3, -0.25) is 9.20 Å². The number of rotatable bonds is 3. The number of benzene rings is 2. The number of amides is 1. The first kappa shape index (κ1) is 15.1. The fourth-order valence-corrected chi connectivity index (χ4v) is 2.69. The molecule has 4 rings (SSSR count). The summed E-state index contributed by atoms with van der Waals surface area (Å²) in [6.45, 7) is 0. The van der Waals surface area contributed by atoms with Gasteiger partial charge in [0.15, 0.2) is 0 Å². The van der Waals surface area contributed by atoms with Gasteiger partial charge in [0.05, 0.1) is 0 Å². The SMILES string of the molecule is O=C(Nc1c(-c2ccc(F)cc2)nc2ccccn12)c1ccccc1. The minimum atomic E-state index is -0.317. The smallest absolute Gasteiger partial charge is 0.256 e. The van der Waals surface area contributed by atoms with E-state index < -0.39 is 0 Å². The molecule has 5 heteroatoms. The van der Waals surface area contributed by atoms with Crippen LogP contribution in [0.2, 0.25) is 0 Å². The highest BCUT2D eigenvalue weighted by atomic mass is 19.1. The van der Waals surface area contributed by atoms with Crippen molar-refractivity contribution in [3.8, 4) is 11.3 Å². The van der Waals surface area contributed by atoms with E-state index in [0.29, 0.717) is 22.7 Å². The predicted octanol–water partition coefficient (Wildman–Crippen LogP) is 4.39. The second-order valence-electron chi connectivity index (χ2n) is 5.56. The Morgan fingerprint density at radius 2 is 1.64 bits per heavy atom. The van der Waals surface area contributed by atoms with Crippen LogP contribution in [0.15, 0.2) is 79.0 Å². The van der Waals surface area contributed by atoms with Crippen molar-refractivity contribution >= 4 is 17.4 Å². The van der Waals surface area contributed by atoms with Crippen LogP contribution in [-0.2, 0) is 0 Å². The Labute approximate surface area is 143 Å². The molecule has 1 N–H and O–H groups in total. The van der Waals surface area contributed by atoms with Gasteiger partial charge in [0.1, 0.15) is 23.0 Å². The Hall–Kier alpha value is -3.47. The number of carbonyl (C=O) groups is 1. The van der Waals surface area contributed by atoms with Gasteiger partial charge in [-0.05, 0) is 48.5 Å². The molecule has 0 aliphatic rings. The van der Waals surface area contributed by atoms with E-state index in [1.807, 2.05) is 42.6 Å². The highest BCUT2D eigenvalue weighted by Gasteiger charge is 2.17. The molecule has 0 radical (unpaired) electrons. The minimum Gasteiger partial charge on any atom is -0.306 e. The summed E-state index contributed by atoms with van der Waals surface area (Å²) in [5.41, 5.74) is 2.58. The molecule has 122 valence electrons. The summed E-state index contributed by atoms with van der Waals surface area (Å²) in [7, 11) is 0. The van der Waals surface area contributed by atoms with E-state index in [1.54, 1.807) is 28.7 Å². The fourth-order valence-electron chi connectivity index (χ4n) is 2.69. The van der Waals surface area contributed by atoms with Gasteiger partial charge in [-0.15, -0.1) is 0 Å². The van der Waals surface area contributed by atoms with Crippen LogP contribution in [0.1, 0.15) is 10.4 Å². The molecule has 0 spiro atoms. The summed E-state index contributed by atoms with van der Waals surface area (Å²) in [5.74, 6) is 0.00746. The Morgan fingerprint density at radius 1 is 0.920 bits per heavy atom. The molecule has 0 atom stereocenters. The van der Waals surface area contributed by atoms with E-state index in [-0.39, 0.29) is 11.7 Å². The molecule has 25 heavy (non-hydrogen) atoms. The summed E-state index contributed by atoms with van der Waals surface area (Å²) < 4.78 is 15.0. The maximum atomic E-state index is 13.2. The van der Waals surface area contributed by atoms with Gasteiger partial charge in [0, 0.05) is 17.3 Å². The lowest BCUT2D eigenvalue weighted by Gasteiger charge is -2.08. The largest absolute Gasteiger partial charge is 0.306 e.